The summed E-state index contributed by atoms with van der Waals surface area (Å²) >= 11 is 3.40. The first-order chi connectivity index (χ1) is 7.78. The number of rotatable bonds is 2. The molecule has 3 nitrogen and oxygen atoms in total. The molecule has 94 valence electrons. The molecule has 0 spiro atoms. The van der Waals surface area contributed by atoms with Crippen LogP contribution >= 0.6 is 15.9 Å². The SMILES string of the molecule is C[C@H](NC(=O)OC(C)(C)C)c1cccc(Br)c1. The Morgan fingerprint density at radius 3 is 2.59 bits per heavy atom. The summed E-state index contributed by atoms with van der Waals surface area (Å²) in [6.45, 7) is 7.45. The van der Waals surface area contributed by atoms with Gasteiger partial charge in [-0.1, -0.05) is 28.1 Å². The summed E-state index contributed by atoms with van der Waals surface area (Å²) in [5.41, 5.74) is 0.561. The fraction of sp³-hybridized carbons (Fsp3) is 0.462. The van der Waals surface area contributed by atoms with E-state index in [2.05, 4.69) is 21.2 Å². The highest BCUT2D eigenvalue weighted by Crippen LogP contribution is 2.18. The number of ether oxygens (including phenoxy) is 1. The Morgan fingerprint density at radius 2 is 2.06 bits per heavy atom. The van der Waals surface area contributed by atoms with Crippen LogP contribution in [0.15, 0.2) is 28.7 Å². The second-order valence-corrected chi connectivity index (χ2v) is 5.84. The summed E-state index contributed by atoms with van der Waals surface area (Å²) in [7, 11) is 0. The van der Waals surface area contributed by atoms with Crippen molar-refractivity contribution in [2.24, 2.45) is 0 Å². The van der Waals surface area contributed by atoms with Crippen molar-refractivity contribution in [1.82, 2.24) is 5.32 Å². The Morgan fingerprint density at radius 1 is 1.41 bits per heavy atom. The maximum atomic E-state index is 11.6. The van der Waals surface area contributed by atoms with Crippen molar-refractivity contribution in [3.8, 4) is 0 Å². The van der Waals surface area contributed by atoms with Crippen molar-refractivity contribution in [3.05, 3.63) is 34.3 Å². The predicted molar refractivity (Wildman–Crippen MR) is 71.9 cm³/mol. The van der Waals surface area contributed by atoms with Gasteiger partial charge in [-0.05, 0) is 45.4 Å². The van der Waals surface area contributed by atoms with Gasteiger partial charge in [0.1, 0.15) is 5.60 Å². The van der Waals surface area contributed by atoms with Crippen LogP contribution in [0.3, 0.4) is 0 Å². The first kappa shape index (κ1) is 14.0. The zero-order chi connectivity index (χ0) is 13.1. The second kappa shape index (κ2) is 5.54. The minimum absolute atomic E-state index is 0.0812. The molecule has 0 aliphatic rings. The van der Waals surface area contributed by atoms with Crippen molar-refractivity contribution < 1.29 is 9.53 Å². The third kappa shape index (κ3) is 5.22. The molecule has 0 heterocycles. The molecule has 0 aliphatic heterocycles. The Kier molecular flexibility index (Phi) is 4.57. The third-order valence-electron chi connectivity index (χ3n) is 2.08. The number of hydrogen-bond acceptors (Lipinski definition) is 2. The largest absolute Gasteiger partial charge is 0.444 e. The molecule has 1 atom stereocenters. The van der Waals surface area contributed by atoms with Gasteiger partial charge in [0, 0.05) is 4.47 Å². The van der Waals surface area contributed by atoms with Gasteiger partial charge in [-0.2, -0.15) is 0 Å². The van der Waals surface area contributed by atoms with Crippen LogP contribution in [0, 0.1) is 0 Å². The molecule has 0 bridgehead atoms. The second-order valence-electron chi connectivity index (χ2n) is 4.92. The molecule has 1 amide bonds. The van der Waals surface area contributed by atoms with Crippen molar-refractivity contribution in [2.45, 2.75) is 39.3 Å². The number of carbonyl (C=O) groups is 1. The average Bonchev–Trinajstić information content (AvgIpc) is 2.14. The van der Waals surface area contributed by atoms with E-state index in [4.69, 9.17) is 4.74 Å². The van der Waals surface area contributed by atoms with E-state index in [1.807, 2.05) is 52.0 Å². The lowest BCUT2D eigenvalue weighted by molar-refractivity contribution is 0.0508. The maximum Gasteiger partial charge on any atom is 0.408 e. The number of hydrogen-bond donors (Lipinski definition) is 1. The molecular weight excluding hydrogens is 282 g/mol. The van der Waals surface area contributed by atoms with E-state index in [-0.39, 0.29) is 6.04 Å². The van der Waals surface area contributed by atoms with Gasteiger partial charge < -0.3 is 10.1 Å². The van der Waals surface area contributed by atoms with Crippen molar-refractivity contribution in [2.75, 3.05) is 0 Å². The normalized spacial score (nSPS) is 13.0. The summed E-state index contributed by atoms with van der Waals surface area (Å²) in [6, 6.07) is 7.74. The Hall–Kier alpha value is -1.03. The van der Waals surface area contributed by atoms with E-state index in [0.29, 0.717) is 0 Å². The van der Waals surface area contributed by atoms with Crippen LogP contribution in [0.5, 0.6) is 0 Å². The number of halogens is 1. The first-order valence-corrected chi connectivity index (χ1v) is 6.32. The monoisotopic (exact) mass is 299 g/mol. The quantitative estimate of drug-likeness (QED) is 0.895. The van der Waals surface area contributed by atoms with Gasteiger partial charge >= 0.3 is 6.09 Å². The molecule has 1 N–H and O–H groups in total. The van der Waals surface area contributed by atoms with Gasteiger partial charge in [-0.25, -0.2) is 4.79 Å². The van der Waals surface area contributed by atoms with Crippen LogP contribution in [-0.4, -0.2) is 11.7 Å². The first-order valence-electron chi connectivity index (χ1n) is 5.53. The molecule has 17 heavy (non-hydrogen) atoms. The van der Waals surface area contributed by atoms with Crippen LogP contribution in [-0.2, 0) is 4.74 Å². The van der Waals surface area contributed by atoms with Gasteiger partial charge in [-0.15, -0.1) is 0 Å². The summed E-state index contributed by atoms with van der Waals surface area (Å²) in [6.07, 6.45) is -0.398. The lowest BCUT2D eigenvalue weighted by Crippen LogP contribution is -2.34. The van der Waals surface area contributed by atoms with Crippen molar-refractivity contribution >= 4 is 22.0 Å². The van der Waals surface area contributed by atoms with E-state index >= 15 is 0 Å². The van der Waals surface area contributed by atoms with E-state index in [1.54, 1.807) is 0 Å². The summed E-state index contributed by atoms with van der Waals surface area (Å²) < 4.78 is 6.19. The lowest BCUT2D eigenvalue weighted by atomic mass is 10.1. The van der Waals surface area contributed by atoms with Crippen LogP contribution < -0.4 is 5.32 Å². The average molecular weight is 300 g/mol. The fourth-order valence-electron chi connectivity index (χ4n) is 1.34. The highest BCUT2D eigenvalue weighted by molar-refractivity contribution is 9.10. The topological polar surface area (TPSA) is 38.3 Å². The van der Waals surface area contributed by atoms with Crippen molar-refractivity contribution in [3.63, 3.8) is 0 Å². The predicted octanol–water partition coefficient (Wildman–Crippen LogP) is 4.03. The molecule has 0 unspecified atom stereocenters. The Bertz CT molecular complexity index is 399. The highest BCUT2D eigenvalue weighted by Gasteiger charge is 2.18. The maximum absolute atomic E-state index is 11.6. The standard InChI is InChI=1S/C13H18BrNO2/c1-9(10-6-5-7-11(14)8-10)15-12(16)17-13(2,3)4/h5-9H,1-4H3,(H,15,16)/t9-/m0/s1. The van der Waals surface area contributed by atoms with Crippen molar-refractivity contribution in [1.29, 1.82) is 0 Å². The molecule has 0 saturated carbocycles. The summed E-state index contributed by atoms with van der Waals surface area (Å²) in [5, 5.41) is 2.80. The van der Waals surface area contributed by atoms with Crippen LogP contribution in [0.25, 0.3) is 0 Å². The van der Waals surface area contributed by atoms with Crippen LogP contribution in [0.4, 0.5) is 4.79 Å². The molecule has 4 heteroatoms. The fourth-order valence-corrected chi connectivity index (χ4v) is 1.76. The summed E-state index contributed by atoms with van der Waals surface area (Å²) in [5.74, 6) is 0. The third-order valence-corrected chi connectivity index (χ3v) is 2.58. The van der Waals surface area contributed by atoms with Crippen LogP contribution in [0.1, 0.15) is 39.3 Å². The van der Waals surface area contributed by atoms with E-state index in [1.165, 1.54) is 0 Å². The van der Waals surface area contributed by atoms with Gasteiger partial charge in [-0.3, -0.25) is 0 Å². The van der Waals surface area contributed by atoms with E-state index < -0.39 is 11.7 Å². The lowest BCUT2D eigenvalue weighted by Gasteiger charge is -2.22. The van der Waals surface area contributed by atoms with Gasteiger partial charge in [0.15, 0.2) is 0 Å². The Labute approximate surface area is 111 Å². The van der Waals surface area contributed by atoms with Crippen LogP contribution in [0.2, 0.25) is 0 Å². The van der Waals surface area contributed by atoms with E-state index in [0.717, 1.165) is 10.0 Å². The van der Waals surface area contributed by atoms with Gasteiger partial charge in [0.2, 0.25) is 0 Å². The molecule has 0 aliphatic carbocycles. The molecule has 0 saturated heterocycles. The zero-order valence-corrected chi connectivity index (χ0v) is 12.2. The number of benzene rings is 1. The molecule has 0 radical (unpaired) electrons. The zero-order valence-electron chi connectivity index (χ0n) is 10.6. The molecule has 1 rings (SSSR count). The molecule has 1 aromatic rings. The number of carbonyl (C=O) groups excluding carboxylic acids is 1. The number of nitrogens with one attached hydrogen (secondary N) is 1. The molecule has 1 aromatic carbocycles. The summed E-state index contributed by atoms with van der Waals surface area (Å²) in [4.78, 5) is 11.6. The van der Waals surface area contributed by atoms with Gasteiger partial charge in [0.25, 0.3) is 0 Å². The molecular formula is C13H18BrNO2. The Balaban J connectivity index is 2.61. The number of amides is 1. The smallest absolute Gasteiger partial charge is 0.408 e. The minimum atomic E-state index is -0.471. The van der Waals surface area contributed by atoms with E-state index in [9.17, 15) is 4.79 Å². The number of alkyl carbamates (subject to hydrolysis) is 1. The minimum Gasteiger partial charge on any atom is -0.444 e. The highest BCUT2D eigenvalue weighted by atomic mass is 79.9. The van der Waals surface area contributed by atoms with Gasteiger partial charge in [0.05, 0.1) is 6.04 Å². The molecule has 0 fully saturated rings. The molecule has 0 aromatic heterocycles.